The Labute approximate surface area is 212 Å². The van der Waals surface area contributed by atoms with Gasteiger partial charge in [-0.25, -0.2) is 0 Å². The van der Waals surface area contributed by atoms with Crippen LogP contribution in [0.15, 0.2) is 45.0 Å². The molecule has 2 heterocycles. The predicted molar refractivity (Wildman–Crippen MR) is 133 cm³/mol. The molecule has 176 valence electrons. The standard InChI is InChI=1S/C23H20BrCl2F3N2OS/c1-12-6-14(4-5-16(12)13(2)30-21(3)10-33-11-21)19-9-22(32-31-19,23(27,28)29)15-7-17(25)20(24)18(26)8-15/h4-8H,9-11H2,1-3H3. The lowest BCUT2D eigenvalue weighted by Crippen LogP contribution is -2.42. The minimum atomic E-state index is -4.74. The van der Waals surface area contributed by atoms with E-state index >= 15 is 0 Å². The van der Waals surface area contributed by atoms with E-state index in [0.717, 1.165) is 28.3 Å². The minimum Gasteiger partial charge on any atom is -0.374 e. The summed E-state index contributed by atoms with van der Waals surface area (Å²) in [6.45, 7) is 6.00. The van der Waals surface area contributed by atoms with Gasteiger partial charge in [-0.15, -0.1) is 0 Å². The molecule has 0 aromatic heterocycles. The summed E-state index contributed by atoms with van der Waals surface area (Å²) in [6, 6.07) is 7.87. The van der Waals surface area contributed by atoms with Crippen LogP contribution in [-0.2, 0) is 10.4 Å². The third-order valence-corrected chi connectivity index (χ3v) is 9.41. The fourth-order valence-electron chi connectivity index (χ4n) is 4.02. The van der Waals surface area contributed by atoms with Crippen LogP contribution in [0, 0.1) is 6.92 Å². The van der Waals surface area contributed by atoms with Crippen molar-refractivity contribution in [2.45, 2.75) is 44.5 Å². The van der Waals surface area contributed by atoms with Crippen LogP contribution < -0.4 is 0 Å². The molecule has 4 rings (SSSR count). The van der Waals surface area contributed by atoms with Crippen molar-refractivity contribution in [2.75, 3.05) is 11.5 Å². The molecule has 2 aliphatic heterocycles. The number of nitrogens with zero attached hydrogens (tertiary/aromatic N) is 2. The highest BCUT2D eigenvalue weighted by atomic mass is 79.9. The molecular weight excluding hydrogens is 560 g/mol. The molecular formula is C23H20BrCl2F3N2OS. The zero-order chi connectivity index (χ0) is 24.2. The first-order chi connectivity index (χ1) is 15.4. The summed E-state index contributed by atoms with van der Waals surface area (Å²) in [5, 5.41) is 3.97. The first-order valence-corrected chi connectivity index (χ1v) is 12.8. The second kappa shape index (κ2) is 8.77. The van der Waals surface area contributed by atoms with E-state index in [-0.39, 0.29) is 26.9 Å². The Hall–Kier alpha value is -1.22. The maximum Gasteiger partial charge on any atom is 0.435 e. The summed E-state index contributed by atoms with van der Waals surface area (Å²) in [5.41, 5.74) is 0.629. The molecule has 1 unspecified atom stereocenters. The molecule has 1 atom stereocenters. The Bertz CT molecular complexity index is 1160. The van der Waals surface area contributed by atoms with Gasteiger partial charge in [0.15, 0.2) is 0 Å². The highest BCUT2D eigenvalue weighted by molar-refractivity contribution is 9.10. The number of aryl methyl sites for hydroxylation is 1. The lowest BCUT2D eigenvalue weighted by Gasteiger charge is -2.34. The van der Waals surface area contributed by atoms with E-state index in [9.17, 15) is 13.2 Å². The van der Waals surface area contributed by atoms with Gasteiger partial charge in [-0.2, -0.15) is 24.9 Å². The quantitative estimate of drug-likeness (QED) is 0.272. The van der Waals surface area contributed by atoms with Gasteiger partial charge in [0, 0.05) is 29.2 Å². The molecule has 33 heavy (non-hydrogen) atoms. The first-order valence-electron chi connectivity index (χ1n) is 10.1. The van der Waals surface area contributed by atoms with Gasteiger partial charge in [0.25, 0.3) is 5.60 Å². The number of oxime groups is 1. The summed E-state index contributed by atoms with van der Waals surface area (Å²) in [5.74, 6) is 1.97. The van der Waals surface area contributed by atoms with Crippen molar-refractivity contribution < 1.29 is 18.0 Å². The molecule has 0 radical (unpaired) electrons. The summed E-state index contributed by atoms with van der Waals surface area (Å²) < 4.78 is 43.2. The van der Waals surface area contributed by atoms with Crippen LogP contribution in [0.5, 0.6) is 0 Å². The van der Waals surface area contributed by atoms with Gasteiger partial charge in [0.1, 0.15) is 0 Å². The normalized spacial score (nSPS) is 22.6. The zero-order valence-electron chi connectivity index (χ0n) is 18.0. The third kappa shape index (κ3) is 4.56. The third-order valence-electron chi connectivity index (χ3n) is 5.85. The zero-order valence-corrected chi connectivity index (χ0v) is 21.9. The van der Waals surface area contributed by atoms with Crippen molar-refractivity contribution in [3.63, 3.8) is 0 Å². The fraction of sp³-hybridized carbons (Fsp3) is 0.391. The van der Waals surface area contributed by atoms with Crippen LogP contribution in [0.25, 0.3) is 0 Å². The highest BCUT2D eigenvalue weighted by Crippen LogP contribution is 2.50. The van der Waals surface area contributed by atoms with Crippen LogP contribution in [0.3, 0.4) is 0 Å². The molecule has 2 aromatic rings. The number of alkyl halides is 3. The number of thioether (sulfide) groups is 1. The van der Waals surface area contributed by atoms with Crippen LogP contribution >= 0.6 is 50.9 Å². The monoisotopic (exact) mass is 578 g/mol. The molecule has 2 aliphatic rings. The van der Waals surface area contributed by atoms with Crippen molar-refractivity contribution >= 4 is 62.3 Å². The highest BCUT2D eigenvalue weighted by Gasteiger charge is 2.62. The smallest absolute Gasteiger partial charge is 0.374 e. The van der Waals surface area contributed by atoms with Crippen LogP contribution in [-0.4, -0.2) is 34.6 Å². The predicted octanol–water partition coefficient (Wildman–Crippen LogP) is 7.96. The van der Waals surface area contributed by atoms with Crippen molar-refractivity contribution in [1.82, 2.24) is 0 Å². The number of hydrogen-bond acceptors (Lipinski definition) is 4. The summed E-state index contributed by atoms with van der Waals surface area (Å²) in [7, 11) is 0. The van der Waals surface area contributed by atoms with Crippen molar-refractivity contribution in [1.29, 1.82) is 0 Å². The van der Waals surface area contributed by atoms with E-state index in [1.807, 2.05) is 37.7 Å². The second-order valence-electron chi connectivity index (χ2n) is 8.60. The summed E-state index contributed by atoms with van der Waals surface area (Å²) in [6.07, 6.45) is -5.24. The lowest BCUT2D eigenvalue weighted by atomic mass is 9.86. The molecule has 0 bridgehead atoms. The van der Waals surface area contributed by atoms with Crippen LogP contribution in [0.1, 0.15) is 42.5 Å². The number of benzene rings is 2. The topological polar surface area (TPSA) is 34.0 Å². The van der Waals surface area contributed by atoms with Gasteiger partial charge in [-0.3, -0.25) is 4.99 Å². The Kier molecular flexibility index (Phi) is 6.62. The van der Waals surface area contributed by atoms with Gasteiger partial charge >= 0.3 is 6.18 Å². The Morgan fingerprint density at radius 1 is 1.18 bits per heavy atom. The van der Waals surface area contributed by atoms with E-state index in [1.165, 1.54) is 12.1 Å². The van der Waals surface area contributed by atoms with E-state index in [2.05, 4.69) is 28.0 Å². The largest absolute Gasteiger partial charge is 0.435 e. The molecule has 0 amide bonds. The van der Waals surface area contributed by atoms with E-state index < -0.39 is 18.2 Å². The summed E-state index contributed by atoms with van der Waals surface area (Å²) in [4.78, 5) is 9.97. The molecule has 0 saturated carbocycles. The maximum absolute atomic E-state index is 14.3. The average molecular weight is 580 g/mol. The van der Waals surface area contributed by atoms with Gasteiger partial charge in [0.05, 0.1) is 25.8 Å². The Balaban J connectivity index is 1.66. The number of aliphatic imine (C=N–C) groups is 1. The molecule has 1 saturated heterocycles. The number of halogens is 6. The van der Waals surface area contributed by atoms with Crippen molar-refractivity contribution in [2.24, 2.45) is 10.1 Å². The summed E-state index contributed by atoms with van der Waals surface area (Å²) >= 11 is 17.2. The molecule has 0 spiro atoms. The van der Waals surface area contributed by atoms with Gasteiger partial charge in [-0.05, 0) is 71.6 Å². The molecule has 1 fully saturated rings. The second-order valence-corrected chi connectivity index (χ2v) is 11.2. The SMILES string of the molecule is CC(=NC1(C)CSC1)c1ccc(C2=NOC(c3cc(Cl)c(Br)c(Cl)c3)(C(F)(F)F)C2)cc1C. The molecule has 0 N–H and O–H groups in total. The average Bonchev–Trinajstić information content (AvgIpc) is 3.17. The van der Waals surface area contributed by atoms with Crippen LogP contribution in [0.4, 0.5) is 13.2 Å². The number of rotatable bonds is 4. The first kappa shape index (κ1) is 24.9. The Morgan fingerprint density at radius 3 is 2.33 bits per heavy atom. The van der Waals surface area contributed by atoms with E-state index in [1.54, 1.807) is 6.07 Å². The molecule has 0 aliphatic carbocycles. The lowest BCUT2D eigenvalue weighted by molar-refractivity contribution is -0.275. The Morgan fingerprint density at radius 2 is 1.82 bits per heavy atom. The number of hydrogen-bond donors (Lipinski definition) is 0. The molecule has 10 heteroatoms. The van der Waals surface area contributed by atoms with Crippen molar-refractivity contribution in [3.8, 4) is 0 Å². The molecule has 2 aromatic carbocycles. The van der Waals surface area contributed by atoms with E-state index in [4.69, 9.17) is 33.0 Å². The van der Waals surface area contributed by atoms with Gasteiger partial charge in [-0.1, -0.05) is 40.5 Å². The van der Waals surface area contributed by atoms with Crippen LogP contribution in [0.2, 0.25) is 10.0 Å². The van der Waals surface area contributed by atoms with Crippen molar-refractivity contribution in [3.05, 3.63) is 67.1 Å². The molecule has 3 nitrogen and oxygen atoms in total. The maximum atomic E-state index is 14.3. The minimum absolute atomic E-state index is 0.0528. The van der Waals surface area contributed by atoms with E-state index in [0.29, 0.717) is 10.0 Å². The van der Waals surface area contributed by atoms with Gasteiger partial charge < -0.3 is 4.84 Å². The van der Waals surface area contributed by atoms with Gasteiger partial charge in [0.2, 0.25) is 0 Å². The fourth-order valence-corrected chi connectivity index (χ4v) is 5.66.